The molecule has 5 nitrogen and oxygen atoms in total. The number of furan rings is 1. The Balaban J connectivity index is 2.70. The Bertz CT molecular complexity index is 438. The van der Waals surface area contributed by atoms with Gasteiger partial charge in [-0.25, -0.2) is 4.79 Å². The second kappa shape index (κ2) is 7.23. The molecule has 19 heavy (non-hydrogen) atoms. The molecule has 1 aromatic heterocycles. The van der Waals surface area contributed by atoms with E-state index in [0.717, 1.165) is 0 Å². The van der Waals surface area contributed by atoms with E-state index in [2.05, 4.69) is 0 Å². The van der Waals surface area contributed by atoms with E-state index in [1.54, 1.807) is 13.0 Å². The Hall–Kier alpha value is -1.43. The van der Waals surface area contributed by atoms with Gasteiger partial charge in [0.2, 0.25) is 0 Å². The predicted molar refractivity (Wildman–Crippen MR) is 72.2 cm³/mol. The summed E-state index contributed by atoms with van der Waals surface area (Å²) in [4.78, 5) is 22.7. The number of esters is 1. The third-order valence-corrected chi connectivity index (χ3v) is 4.02. The zero-order valence-corrected chi connectivity index (χ0v) is 12.0. The van der Waals surface area contributed by atoms with E-state index in [1.807, 2.05) is 13.8 Å². The first-order valence-electron chi connectivity index (χ1n) is 6.05. The van der Waals surface area contributed by atoms with Crippen molar-refractivity contribution in [1.29, 1.82) is 0 Å². The maximum atomic E-state index is 11.6. The van der Waals surface area contributed by atoms with Gasteiger partial charge in [0, 0.05) is 0 Å². The smallest absolute Gasteiger partial charge is 0.341 e. The van der Waals surface area contributed by atoms with Gasteiger partial charge in [-0.15, -0.1) is 11.8 Å². The molecule has 0 aliphatic carbocycles. The minimum absolute atomic E-state index is 0.00325. The van der Waals surface area contributed by atoms with E-state index in [0.29, 0.717) is 23.7 Å². The van der Waals surface area contributed by atoms with Crippen molar-refractivity contribution in [1.82, 2.24) is 0 Å². The van der Waals surface area contributed by atoms with Gasteiger partial charge in [-0.05, 0) is 18.9 Å². The lowest BCUT2D eigenvalue weighted by Crippen LogP contribution is -2.22. The quantitative estimate of drug-likeness (QED) is 0.777. The second-order valence-corrected chi connectivity index (χ2v) is 5.42. The normalized spacial score (nSPS) is 12.4. The number of carboxylic acids is 1. The second-order valence-electron chi connectivity index (χ2n) is 4.29. The molecule has 0 aromatic carbocycles. The molecular weight excluding hydrogens is 268 g/mol. The van der Waals surface area contributed by atoms with Gasteiger partial charge >= 0.3 is 11.9 Å². The summed E-state index contributed by atoms with van der Waals surface area (Å²) in [5.41, 5.74) is 0.363. The van der Waals surface area contributed by atoms with Crippen LogP contribution in [0.25, 0.3) is 0 Å². The summed E-state index contributed by atoms with van der Waals surface area (Å²) in [5, 5.41) is 8.56. The summed E-state index contributed by atoms with van der Waals surface area (Å²) in [7, 11) is 0. The number of thioether (sulfide) groups is 1. The lowest BCUT2D eigenvalue weighted by Gasteiger charge is -2.14. The van der Waals surface area contributed by atoms with Gasteiger partial charge in [0.25, 0.3) is 0 Å². The molecule has 1 atom stereocenters. The van der Waals surface area contributed by atoms with Gasteiger partial charge in [-0.2, -0.15) is 0 Å². The largest absolute Gasteiger partial charge is 0.480 e. The Labute approximate surface area is 116 Å². The van der Waals surface area contributed by atoms with Gasteiger partial charge in [-0.3, -0.25) is 4.79 Å². The molecule has 1 aromatic rings. The van der Waals surface area contributed by atoms with Crippen LogP contribution >= 0.6 is 11.8 Å². The highest BCUT2D eigenvalue weighted by Crippen LogP contribution is 2.26. The fourth-order valence-corrected chi connectivity index (χ4v) is 2.64. The number of carbonyl (C=O) groups is 2. The monoisotopic (exact) mass is 286 g/mol. The molecule has 1 N–H and O–H groups in total. The van der Waals surface area contributed by atoms with Crippen molar-refractivity contribution in [3.8, 4) is 0 Å². The van der Waals surface area contributed by atoms with Crippen LogP contribution in [0.4, 0.5) is 0 Å². The summed E-state index contributed by atoms with van der Waals surface area (Å²) in [6, 6.07) is 1.54. The molecule has 1 heterocycles. The first-order chi connectivity index (χ1) is 8.97. The standard InChI is InChI=1S/C13H18O5S/c1-4-17-13(16)9-5-6-18-10(9)7-19-11(8(2)3)12(14)15/h5-6,8,11H,4,7H2,1-3H3,(H,14,15). The van der Waals surface area contributed by atoms with Crippen LogP contribution < -0.4 is 0 Å². The number of aliphatic carboxylic acids is 1. The average molecular weight is 286 g/mol. The highest BCUT2D eigenvalue weighted by molar-refractivity contribution is 7.99. The van der Waals surface area contributed by atoms with Gasteiger partial charge < -0.3 is 14.3 Å². The Morgan fingerprint density at radius 2 is 2.16 bits per heavy atom. The van der Waals surface area contributed by atoms with Crippen molar-refractivity contribution in [2.75, 3.05) is 6.61 Å². The van der Waals surface area contributed by atoms with Gasteiger partial charge in [0.1, 0.15) is 16.6 Å². The van der Waals surface area contributed by atoms with Crippen molar-refractivity contribution in [2.45, 2.75) is 31.8 Å². The minimum Gasteiger partial charge on any atom is -0.480 e. The molecule has 1 rings (SSSR count). The predicted octanol–water partition coefficient (Wildman–Crippen LogP) is 2.80. The van der Waals surface area contributed by atoms with Crippen molar-refractivity contribution >= 4 is 23.7 Å². The lowest BCUT2D eigenvalue weighted by atomic mass is 10.1. The molecule has 0 radical (unpaired) electrons. The van der Waals surface area contributed by atoms with E-state index in [-0.39, 0.29) is 5.92 Å². The summed E-state index contributed by atoms with van der Waals surface area (Å²) in [5.74, 6) is -0.512. The van der Waals surface area contributed by atoms with Crippen LogP contribution in [-0.4, -0.2) is 28.9 Å². The van der Waals surface area contributed by atoms with E-state index >= 15 is 0 Å². The highest BCUT2D eigenvalue weighted by Gasteiger charge is 2.24. The summed E-state index contributed by atoms with van der Waals surface area (Å²) < 4.78 is 10.1. The Morgan fingerprint density at radius 1 is 1.47 bits per heavy atom. The van der Waals surface area contributed by atoms with E-state index in [9.17, 15) is 9.59 Å². The van der Waals surface area contributed by atoms with Crippen LogP contribution in [0, 0.1) is 5.92 Å². The van der Waals surface area contributed by atoms with Gasteiger partial charge in [0.15, 0.2) is 0 Å². The lowest BCUT2D eigenvalue weighted by molar-refractivity contribution is -0.137. The van der Waals surface area contributed by atoms with E-state index in [1.165, 1.54) is 18.0 Å². The molecule has 6 heteroatoms. The number of hydrogen-bond acceptors (Lipinski definition) is 5. The van der Waals surface area contributed by atoms with Gasteiger partial charge in [0.05, 0.1) is 18.6 Å². The minimum atomic E-state index is -0.857. The number of rotatable bonds is 7. The zero-order chi connectivity index (χ0) is 14.4. The SMILES string of the molecule is CCOC(=O)c1ccoc1CSC(C(=O)O)C(C)C. The van der Waals surface area contributed by atoms with Crippen molar-refractivity contribution in [3.63, 3.8) is 0 Å². The van der Waals surface area contributed by atoms with Crippen LogP contribution in [0.5, 0.6) is 0 Å². The maximum Gasteiger partial charge on any atom is 0.341 e. The highest BCUT2D eigenvalue weighted by atomic mass is 32.2. The summed E-state index contributed by atoms with van der Waals surface area (Å²) in [6.07, 6.45) is 1.41. The maximum absolute atomic E-state index is 11.6. The first kappa shape index (κ1) is 15.6. The number of ether oxygens (including phenoxy) is 1. The molecule has 0 aliphatic heterocycles. The van der Waals surface area contributed by atoms with Crippen LogP contribution in [0.2, 0.25) is 0 Å². The van der Waals surface area contributed by atoms with Crippen molar-refractivity contribution in [3.05, 3.63) is 23.7 Å². The molecule has 0 fully saturated rings. The third-order valence-electron chi connectivity index (χ3n) is 2.48. The average Bonchev–Trinajstić information content (AvgIpc) is 2.77. The number of hydrogen-bond donors (Lipinski definition) is 1. The van der Waals surface area contributed by atoms with Gasteiger partial charge in [-0.1, -0.05) is 13.8 Å². The van der Waals surface area contributed by atoms with Crippen molar-refractivity contribution in [2.24, 2.45) is 5.92 Å². The first-order valence-corrected chi connectivity index (χ1v) is 7.10. The van der Waals surface area contributed by atoms with Crippen LogP contribution in [0.1, 0.15) is 36.9 Å². The zero-order valence-electron chi connectivity index (χ0n) is 11.2. The number of carboxylic acid groups (broad SMARTS) is 1. The molecule has 0 spiro atoms. The van der Waals surface area contributed by atoms with Crippen LogP contribution in [0.15, 0.2) is 16.7 Å². The molecule has 0 amide bonds. The summed E-state index contributed by atoms with van der Waals surface area (Å²) in [6.45, 7) is 5.71. The van der Waals surface area contributed by atoms with Crippen molar-refractivity contribution < 1.29 is 23.8 Å². The fourth-order valence-electron chi connectivity index (χ4n) is 1.56. The topological polar surface area (TPSA) is 76.7 Å². The fraction of sp³-hybridized carbons (Fsp3) is 0.538. The third kappa shape index (κ3) is 4.31. The van der Waals surface area contributed by atoms with Crippen LogP contribution in [0.3, 0.4) is 0 Å². The van der Waals surface area contributed by atoms with E-state index < -0.39 is 17.2 Å². The molecule has 0 bridgehead atoms. The summed E-state index contributed by atoms with van der Waals surface area (Å²) >= 11 is 1.24. The molecule has 0 saturated heterocycles. The Kier molecular flexibility index (Phi) is 5.95. The molecule has 106 valence electrons. The number of carbonyl (C=O) groups excluding carboxylic acids is 1. The molecule has 0 saturated carbocycles. The van der Waals surface area contributed by atoms with Crippen LogP contribution in [-0.2, 0) is 15.3 Å². The Morgan fingerprint density at radius 3 is 2.68 bits per heavy atom. The molecule has 0 aliphatic rings. The molecule has 1 unspecified atom stereocenters. The van der Waals surface area contributed by atoms with E-state index in [4.69, 9.17) is 14.3 Å². The molecular formula is C13H18O5S.